The summed E-state index contributed by atoms with van der Waals surface area (Å²) in [6.07, 6.45) is 2.83. The molecule has 1 aromatic rings. The van der Waals surface area contributed by atoms with E-state index in [0.29, 0.717) is 17.9 Å². The fourth-order valence-corrected chi connectivity index (χ4v) is 3.07. The third kappa shape index (κ3) is 2.62. The first-order valence-corrected chi connectivity index (χ1v) is 6.87. The topological polar surface area (TPSA) is 55.4 Å². The van der Waals surface area contributed by atoms with Crippen molar-refractivity contribution in [3.8, 4) is 0 Å². The van der Waals surface area contributed by atoms with Gasteiger partial charge in [0.1, 0.15) is 11.6 Å². The standard InChI is InChI=1S/C15H15F2NO3/c1-21-15(20)10-5-13(12(17)6-11(10)16)18-14(19)9-3-7-2-8(7)4-9/h5-9H,2-4H2,1H3,(H,18,19). The van der Waals surface area contributed by atoms with Crippen molar-refractivity contribution < 1.29 is 23.1 Å². The molecular formula is C15H15F2NO3. The van der Waals surface area contributed by atoms with Gasteiger partial charge in [0.25, 0.3) is 0 Å². The van der Waals surface area contributed by atoms with Gasteiger partial charge in [0, 0.05) is 12.0 Å². The molecule has 0 bridgehead atoms. The maximum absolute atomic E-state index is 13.7. The van der Waals surface area contributed by atoms with E-state index >= 15 is 0 Å². The summed E-state index contributed by atoms with van der Waals surface area (Å²) in [5, 5.41) is 2.45. The highest BCUT2D eigenvalue weighted by molar-refractivity contribution is 5.96. The number of hydrogen-bond donors (Lipinski definition) is 1. The molecule has 1 N–H and O–H groups in total. The number of anilines is 1. The third-order valence-electron chi connectivity index (χ3n) is 4.33. The van der Waals surface area contributed by atoms with Crippen LogP contribution in [0.3, 0.4) is 0 Å². The van der Waals surface area contributed by atoms with Crippen LogP contribution in [0.5, 0.6) is 0 Å². The Hall–Kier alpha value is -1.98. The molecule has 112 valence electrons. The Bertz CT molecular complexity index is 607. The van der Waals surface area contributed by atoms with E-state index in [0.717, 1.165) is 26.0 Å². The summed E-state index contributed by atoms with van der Waals surface area (Å²) in [5.74, 6) is -1.97. The second-order valence-electron chi connectivity index (χ2n) is 5.72. The van der Waals surface area contributed by atoms with Gasteiger partial charge in [-0.3, -0.25) is 4.79 Å². The molecule has 2 fully saturated rings. The molecule has 0 heterocycles. The SMILES string of the molecule is COC(=O)c1cc(NC(=O)C2CC3CC3C2)c(F)cc1F. The molecule has 2 aliphatic rings. The van der Waals surface area contributed by atoms with Crippen molar-refractivity contribution in [3.05, 3.63) is 29.3 Å². The third-order valence-corrected chi connectivity index (χ3v) is 4.33. The monoisotopic (exact) mass is 295 g/mol. The molecule has 0 radical (unpaired) electrons. The fraction of sp³-hybridized carbons (Fsp3) is 0.467. The highest BCUT2D eigenvalue weighted by atomic mass is 19.1. The Morgan fingerprint density at radius 2 is 1.81 bits per heavy atom. The number of fused-ring (bicyclic) bond motifs is 1. The Morgan fingerprint density at radius 1 is 1.14 bits per heavy atom. The van der Waals surface area contributed by atoms with E-state index in [1.54, 1.807) is 0 Å². The van der Waals surface area contributed by atoms with Crippen molar-refractivity contribution in [2.45, 2.75) is 19.3 Å². The number of ether oxygens (including phenoxy) is 1. The molecular weight excluding hydrogens is 280 g/mol. The molecule has 2 aliphatic carbocycles. The van der Waals surface area contributed by atoms with Crippen molar-refractivity contribution in [2.24, 2.45) is 17.8 Å². The van der Waals surface area contributed by atoms with Crippen LogP contribution in [0.2, 0.25) is 0 Å². The molecule has 3 rings (SSSR count). The van der Waals surface area contributed by atoms with Gasteiger partial charge in [-0.2, -0.15) is 0 Å². The van der Waals surface area contributed by atoms with Crippen molar-refractivity contribution in [1.29, 1.82) is 0 Å². The molecule has 1 amide bonds. The summed E-state index contributed by atoms with van der Waals surface area (Å²) < 4.78 is 31.7. The van der Waals surface area contributed by atoms with Gasteiger partial charge in [-0.15, -0.1) is 0 Å². The number of nitrogens with one attached hydrogen (secondary N) is 1. The van der Waals surface area contributed by atoms with Crippen LogP contribution in [0.1, 0.15) is 29.6 Å². The molecule has 2 saturated carbocycles. The Balaban J connectivity index is 1.77. The van der Waals surface area contributed by atoms with Crippen LogP contribution in [-0.2, 0) is 9.53 Å². The van der Waals surface area contributed by atoms with Crippen LogP contribution in [0, 0.1) is 29.4 Å². The largest absolute Gasteiger partial charge is 0.465 e. The highest BCUT2D eigenvalue weighted by Crippen LogP contribution is 2.54. The number of carbonyl (C=O) groups excluding carboxylic acids is 2. The molecule has 6 heteroatoms. The van der Waals surface area contributed by atoms with Gasteiger partial charge in [0.15, 0.2) is 0 Å². The predicted molar refractivity (Wildman–Crippen MR) is 70.6 cm³/mol. The normalized spacial score (nSPS) is 26.1. The molecule has 0 aliphatic heterocycles. The molecule has 0 saturated heterocycles. The zero-order valence-corrected chi connectivity index (χ0v) is 11.5. The number of methoxy groups -OCH3 is 1. The molecule has 4 nitrogen and oxygen atoms in total. The van der Waals surface area contributed by atoms with Gasteiger partial charge < -0.3 is 10.1 Å². The lowest BCUT2D eigenvalue weighted by molar-refractivity contribution is -0.120. The zero-order chi connectivity index (χ0) is 15.1. The van der Waals surface area contributed by atoms with E-state index in [1.165, 1.54) is 6.42 Å². The Labute approximate surface area is 120 Å². The minimum atomic E-state index is -1.01. The minimum absolute atomic E-state index is 0.125. The van der Waals surface area contributed by atoms with Gasteiger partial charge in [0.05, 0.1) is 18.4 Å². The average molecular weight is 295 g/mol. The van der Waals surface area contributed by atoms with Crippen LogP contribution in [0.4, 0.5) is 14.5 Å². The smallest absolute Gasteiger partial charge is 0.340 e. The van der Waals surface area contributed by atoms with Gasteiger partial charge >= 0.3 is 5.97 Å². The van der Waals surface area contributed by atoms with Crippen molar-refractivity contribution >= 4 is 17.6 Å². The van der Waals surface area contributed by atoms with Crippen molar-refractivity contribution in [3.63, 3.8) is 0 Å². The number of hydrogen-bond acceptors (Lipinski definition) is 3. The first-order chi connectivity index (χ1) is 9.99. The maximum Gasteiger partial charge on any atom is 0.340 e. The fourth-order valence-electron chi connectivity index (χ4n) is 3.07. The van der Waals surface area contributed by atoms with E-state index in [4.69, 9.17) is 0 Å². The first kappa shape index (κ1) is 14.0. The number of amides is 1. The van der Waals surface area contributed by atoms with Gasteiger partial charge in [-0.05, 0) is 37.2 Å². The highest BCUT2D eigenvalue weighted by Gasteiger charge is 2.48. The molecule has 2 atom stereocenters. The zero-order valence-electron chi connectivity index (χ0n) is 11.5. The second-order valence-corrected chi connectivity index (χ2v) is 5.72. The summed E-state index contributed by atoms with van der Waals surface area (Å²) >= 11 is 0. The number of esters is 1. The number of halogens is 2. The summed E-state index contributed by atoms with van der Waals surface area (Å²) in [5.41, 5.74) is -0.592. The van der Waals surface area contributed by atoms with E-state index in [2.05, 4.69) is 10.1 Å². The van der Waals surface area contributed by atoms with Gasteiger partial charge in [-0.25, -0.2) is 13.6 Å². The summed E-state index contributed by atoms with van der Waals surface area (Å²) in [6, 6.07) is 1.55. The Kier molecular flexibility index (Phi) is 3.39. The molecule has 1 aromatic carbocycles. The molecule has 0 aromatic heterocycles. The van der Waals surface area contributed by atoms with Crippen molar-refractivity contribution in [2.75, 3.05) is 12.4 Å². The van der Waals surface area contributed by atoms with Gasteiger partial charge in [-0.1, -0.05) is 0 Å². The van der Waals surface area contributed by atoms with E-state index in [9.17, 15) is 18.4 Å². The van der Waals surface area contributed by atoms with Crippen LogP contribution in [-0.4, -0.2) is 19.0 Å². The van der Waals surface area contributed by atoms with E-state index < -0.39 is 23.2 Å². The van der Waals surface area contributed by atoms with Crippen LogP contribution < -0.4 is 5.32 Å². The lowest BCUT2D eigenvalue weighted by Crippen LogP contribution is -2.22. The van der Waals surface area contributed by atoms with Crippen LogP contribution in [0.25, 0.3) is 0 Å². The summed E-state index contributed by atoms with van der Waals surface area (Å²) in [6.45, 7) is 0. The predicted octanol–water partition coefficient (Wildman–Crippen LogP) is 2.74. The Morgan fingerprint density at radius 3 is 2.43 bits per heavy atom. The van der Waals surface area contributed by atoms with Crippen LogP contribution >= 0.6 is 0 Å². The number of benzene rings is 1. The average Bonchev–Trinajstić information content (AvgIpc) is 3.07. The number of carbonyl (C=O) groups is 2. The van der Waals surface area contributed by atoms with E-state index in [-0.39, 0.29) is 17.5 Å². The summed E-state index contributed by atoms with van der Waals surface area (Å²) in [7, 11) is 1.11. The van der Waals surface area contributed by atoms with Gasteiger partial charge in [0.2, 0.25) is 5.91 Å². The first-order valence-electron chi connectivity index (χ1n) is 6.87. The lowest BCUT2D eigenvalue weighted by atomic mass is 10.0. The second kappa shape index (κ2) is 5.09. The quantitative estimate of drug-likeness (QED) is 0.872. The molecule has 21 heavy (non-hydrogen) atoms. The van der Waals surface area contributed by atoms with E-state index in [1.807, 2.05) is 0 Å². The lowest BCUT2D eigenvalue weighted by Gasteiger charge is -2.13. The van der Waals surface area contributed by atoms with Crippen LogP contribution in [0.15, 0.2) is 12.1 Å². The maximum atomic E-state index is 13.7. The minimum Gasteiger partial charge on any atom is -0.465 e. The summed E-state index contributed by atoms with van der Waals surface area (Å²) in [4.78, 5) is 23.5. The number of rotatable bonds is 3. The molecule has 0 spiro atoms. The van der Waals surface area contributed by atoms with Crippen molar-refractivity contribution in [1.82, 2.24) is 0 Å². The molecule has 2 unspecified atom stereocenters.